The van der Waals surface area contributed by atoms with Gasteiger partial charge in [0.2, 0.25) is 0 Å². The second kappa shape index (κ2) is 6.07. The Kier molecular flexibility index (Phi) is 3.98. The van der Waals surface area contributed by atoms with Crippen LogP contribution in [0.25, 0.3) is 11.0 Å². The van der Waals surface area contributed by atoms with E-state index in [9.17, 15) is 4.79 Å². The number of hydrogen-bond acceptors (Lipinski definition) is 2. The second-order valence-corrected chi connectivity index (χ2v) is 5.40. The van der Waals surface area contributed by atoms with Crippen LogP contribution >= 0.6 is 11.6 Å². The highest BCUT2D eigenvalue weighted by atomic mass is 35.5. The number of aromatic nitrogens is 2. The maximum atomic E-state index is 12.1. The number of imidazole rings is 1. The van der Waals surface area contributed by atoms with Gasteiger partial charge in [0.05, 0.1) is 17.1 Å². The van der Waals surface area contributed by atoms with Crippen molar-refractivity contribution in [2.45, 2.75) is 13.0 Å². The summed E-state index contributed by atoms with van der Waals surface area (Å²) in [5.41, 5.74) is 5.36. The van der Waals surface area contributed by atoms with Crippen LogP contribution in [0.15, 0.2) is 54.9 Å². The Bertz CT molecular complexity index is 815. The quantitative estimate of drug-likeness (QED) is 0.774. The van der Waals surface area contributed by atoms with Gasteiger partial charge in [-0.05, 0) is 36.8 Å². The van der Waals surface area contributed by atoms with Crippen molar-refractivity contribution in [2.24, 2.45) is 0 Å². The summed E-state index contributed by atoms with van der Waals surface area (Å²) in [4.78, 5) is 16.3. The van der Waals surface area contributed by atoms with Gasteiger partial charge in [0.15, 0.2) is 0 Å². The Morgan fingerprint density at radius 3 is 2.86 bits per heavy atom. The first-order valence-corrected chi connectivity index (χ1v) is 7.26. The number of fused-ring (bicyclic) bond motifs is 1. The minimum absolute atomic E-state index is 0.159. The number of nitrogens with zero attached hydrogens (tertiary/aromatic N) is 2. The Hall–Kier alpha value is -2.53. The van der Waals surface area contributed by atoms with Crippen molar-refractivity contribution in [1.82, 2.24) is 15.0 Å². The van der Waals surface area contributed by atoms with Crippen LogP contribution in [0.1, 0.15) is 18.5 Å². The molecule has 0 aliphatic rings. The summed E-state index contributed by atoms with van der Waals surface area (Å²) in [6, 6.07) is 14.5. The molecule has 22 heavy (non-hydrogen) atoms. The third kappa shape index (κ3) is 3.04. The molecule has 0 unspecified atom stereocenters. The predicted molar refractivity (Wildman–Crippen MR) is 87.5 cm³/mol. The van der Waals surface area contributed by atoms with Crippen LogP contribution in [0, 0.1) is 0 Å². The zero-order chi connectivity index (χ0) is 15.5. The van der Waals surface area contributed by atoms with Gasteiger partial charge in [0.1, 0.15) is 6.33 Å². The number of rotatable bonds is 3. The number of benzene rings is 2. The number of para-hydroxylation sites is 2. The smallest absolute Gasteiger partial charge is 0.330 e. The van der Waals surface area contributed by atoms with Crippen molar-refractivity contribution in [3.8, 4) is 0 Å². The second-order valence-electron chi connectivity index (χ2n) is 4.97. The van der Waals surface area contributed by atoms with Crippen molar-refractivity contribution in [2.75, 3.05) is 5.43 Å². The van der Waals surface area contributed by atoms with E-state index in [1.165, 1.54) is 0 Å². The molecule has 0 radical (unpaired) electrons. The highest BCUT2D eigenvalue weighted by Crippen LogP contribution is 2.17. The van der Waals surface area contributed by atoms with Crippen molar-refractivity contribution in [1.29, 1.82) is 0 Å². The molecular formula is C16H15ClN4O. The molecule has 0 saturated heterocycles. The van der Waals surface area contributed by atoms with E-state index in [0.29, 0.717) is 5.02 Å². The number of hydrogen-bond donors (Lipinski definition) is 2. The molecule has 0 spiro atoms. The Labute approximate surface area is 132 Å². The molecule has 2 amide bonds. The highest BCUT2D eigenvalue weighted by molar-refractivity contribution is 6.30. The van der Waals surface area contributed by atoms with E-state index < -0.39 is 0 Å². The van der Waals surface area contributed by atoms with E-state index in [-0.39, 0.29) is 12.1 Å². The average Bonchev–Trinajstić information content (AvgIpc) is 2.90. The lowest BCUT2D eigenvalue weighted by Gasteiger charge is -2.15. The zero-order valence-corrected chi connectivity index (χ0v) is 12.7. The third-order valence-corrected chi connectivity index (χ3v) is 3.61. The molecular weight excluding hydrogens is 300 g/mol. The van der Waals surface area contributed by atoms with Gasteiger partial charge in [-0.15, -0.1) is 0 Å². The molecule has 5 nitrogen and oxygen atoms in total. The monoisotopic (exact) mass is 314 g/mol. The van der Waals surface area contributed by atoms with Crippen molar-refractivity contribution in [3.63, 3.8) is 0 Å². The van der Waals surface area contributed by atoms with Crippen molar-refractivity contribution < 1.29 is 4.79 Å². The number of urea groups is 1. The van der Waals surface area contributed by atoms with Gasteiger partial charge in [-0.2, -0.15) is 0 Å². The van der Waals surface area contributed by atoms with Gasteiger partial charge in [-0.1, -0.05) is 35.9 Å². The Morgan fingerprint density at radius 1 is 1.23 bits per heavy atom. The first kappa shape index (κ1) is 14.4. The first-order valence-electron chi connectivity index (χ1n) is 6.88. The van der Waals surface area contributed by atoms with E-state index in [0.717, 1.165) is 16.6 Å². The fourth-order valence-electron chi connectivity index (χ4n) is 2.25. The molecule has 0 fully saturated rings. The van der Waals surface area contributed by atoms with E-state index in [1.807, 2.05) is 49.4 Å². The largest absolute Gasteiger partial charge is 0.334 e. The molecule has 2 aromatic carbocycles. The van der Waals surface area contributed by atoms with Crippen LogP contribution in [0.4, 0.5) is 4.79 Å². The highest BCUT2D eigenvalue weighted by Gasteiger charge is 2.11. The molecule has 1 atom stereocenters. The summed E-state index contributed by atoms with van der Waals surface area (Å²) in [7, 11) is 0. The Morgan fingerprint density at radius 2 is 2.05 bits per heavy atom. The summed E-state index contributed by atoms with van der Waals surface area (Å²) < 4.78 is 1.59. The fraction of sp³-hybridized carbons (Fsp3) is 0.125. The topological polar surface area (TPSA) is 59.0 Å². The maximum Gasteiger partial charge on any atom is 0.334 e. The van der Waals surface area contributed by atoms with Gasteiger partial charge >= 0.3 is 6.03 Å². The number of carbonyl (C=O) groups excluding carboxylic acids is 1. The molecule has 1 aromatic heterocycles. The van der Waals surface area contributed by atoms with E-state index in [4.69, 9.17) is 11.6 Å². The summed E-state index contributed by atoms with van der Waals surface area (Å²) in [6.45, 7) is 1.90. The van der Waals surface area contributed by atoms with Crippen LogP contribution in [-0.4, -0.2) is 15.7 Å². The molecule has 6 heteroatoms. The third-order valence-electron chi connectivity index (χ3n) is 3.37. The molecule has 0 aliphatic carbocycles. The summed E-state index contributed by atoms with van der Waals surface area (Å²) >= 11 is 5.97. The van der Waals surface area contributed by atoms with Crippen LogP contribution in [-0.2, 0) is 0 Å². The molecule has 0 saturated carbocycles. The summed E-state index contributed by atoms with van der Waals surface area (Å²) in [5, 5.41) is 3.51. The number of amides is 2. The summed E-state index contributed by atoms with van der Waals surface area (Å²) in [5.74, 6) is 0. The summed E-state index contributed by atoms with van der Waals surface area (Å²) in [6.07, 6.45) is 1.58. The SMILES string of the molecule is C[C@H](NC(=O)Nn1cnc2ccccc21)c1cccc(Cl)c1. The maximum absolute atomic E-state index is 12.1. The first-order chi connectivity index (χ1) is 10.6. The molecule has 2 N–H and O–H groups in total. The molecule has 1 heterocycles. The van der Waals surface area contributed by atoms with Crippen molar-refractivity contribution in [3.05, 3.63) is 65.4 Å². The van der Waals surface area contributed by atoms with Gasteiger partial charge in [-0.25, -0.2) is 19.9 Å². The number of nitrogens with one attached hydrogen (secondary N) is 2. The minimum atomic E-state index is -0.310. The fourth-order valence-corrected chi connectivity index (χ4v) is 2.44. The normalized spacial score (nSPS) is 12.1. The van der Waals surface area contributed by atoms with E-state index in [1.54, 1.807) is 17.1 Å². The lowest BCUT2D eigenvalue weighted by Crippen LogP contribution is -2.35. The van der Waals surface area contributed by atoms with Crippen LogP contribution < -0.4 is 10.7 Å². The molecule has 3 aromatic rings. The van der Waals surface area contributed by atoms with Gasteiger partial charge in [0.25, 0.3) is 0 Å². The molecule has 0 aliphatic heterocycles. The van der Waals surface area contributed by atoms with Gasteiger partial charge in [-0.3, -0.25) is 0 Å². The van der Waals surface area contributed by atoms with E-state index in [2.05, 4.69) is 15.7 Å². The van der Waals surface area contributed by atoms with Crippen LogP contribution in [0.2, 0.25) is 5.02 Å². The molecule has 112 valence electrons. The molecule has 3 rings (SSSR count). The Balaban J connectivity index is 1.70. The minimum Gasteiger partial charge on any atom is -0.330 e. The lowest BCUT2D eigenvalue weighted by atomic mass is 10.1. The number of halogens is 1. The lowest BCUT2D eigenvalue weighted by molar-refractivity contribution is 0.247. The molecule has 0 bridgehead atoms. The van der Waals surface area contributed by atoms with Crippen LogP contribution in [0.3, 0.4) is 0 Å². The van der Waals surface area contributed by atoms with Gasteiger partial charge in [0, 0.05) is 5.02 Å². The number of carbonyl (C=O) groups is 1. The predicted octanol–water partition coefficient (Wildman–Crippen LogP) is 3.70. The standard InChI is InChI=1S/C16H15ClN4O/c1-11(12-5-4-6-13(17)9-12)19-16(22)20-21-10-18-14-7-2-3-8-15(14)21/h2-11H,1H3,(H2,19,20,22)/t11-/m0/s1. The average molecular weight is 315 g/mol. The zero-order valence-electron chi connectivity index (χ0n) is 12.0. The van der Waals surface area contributed by atoms with Crippen LogP contribution in [0.5, 0.6) is 0 Å². The van der Waals surface area contributed by atoms with E-state index >= 15 is 0 Å². The van der Waals surface area contributed by atoms with Gasteiger partial charge < -0.3 is 5.32 Å². The van der Waals surface area contributed by atoms with Crippen molar-refractivity contribution >= 4 is 28.7 Å².